The van der Waals surface area contributed by atoms with E-state index in [9.17, 15) is 4.79 Å². The summed E-state index contributed by atoms with van der Waals surface area (Å²) in [6.45, 7) is 4.30. The van der Waals surface area contributed by atoms with Gasteiger partial charge in [0.2, 0.25) is 5.91 Å². The minimum Gasteiger partial charge on any atom is -0.326 e. The van der Waals surface area contributed by atoms with Crippen LogP contribution in [-0.2, 0) is 4.79 Å². The van der Waals surface area contributed by atoms with Crippen molar-refractivity contribution in [2.45, 2.75) is 26.2 Å². The van der Waals surface area contributed by atoms with E-state index in [1.807, 2.05) is 12.1 Å². The zero-order valence-electron chi connectivity index (χ0n) is 11.3. The molecule has 2 rings (SSSR count). The summed E-state index contributed by atoms with van der Waals surface area (Å²) in [5.74, 6) is 1.09. The van der Waals surface area contributed by atoms with Crippen molar-refractivity contribution in [3.63, 3.8) is 0 Å². The van der Waals surface area contributed by atoms with Crippen molar-refractivity contribution in [2.24, 2.45) is 11.8 Å². The van der Waals surface area contributed by atoms with Gasteiger partial charge in [0.1, 0.15) is 0 Å². The first kappa shape index (κ1) is 14.4. The summed E-state index contributed by atoms with van der Waals surface area (Å²) in [4.78, 5) is 12.0. The van der Waals surface area contributed by atoms with Crippen LogP contribution in [0.3, 0.4) is 0 Å². The zero-order valence-corrected chi connectivity index (χ0v) is 12.0. The highest BCUT2D eigenvalue weighted by Gasteiger charge is 2.21. The maximum absolute atomic E-state index is 12.0. The summed E-state index contributed by atoms with van der Waals surface area (Å²) in [7, 11) is 0. The number of benzene rings is 1. The highest BCUT2D eigenvalue weighted by molar-refractivity contribution is 6.30. The fourth-order valence-corrected chi connectivity index (χ4v) is 2.79. The maximum Gasteiger partial charge on any atom is 0.224 e. The van der Waals surface area contributed by atoms with E-state index in [1.54, 1.807) is 12.1 Å². The standard InChI is InChI=1S/C15H21ClN2O/c1-11(12-4-3-7-17-10-12)8-15(19)18-14-6-2-5-13(16)9-14/h2,5-6,9,11-12,17H,3-4,7-8,10H2,1H3,(H,18,19). The first-order valence-corrected chi connectivity index (χ1v) is 7.29. The van der Waals surface area contributed by atoms with E-state index in [0.29, 0.717) is 23.3 Å². The third-order valence-electron chi connectivity index (χ3n) is 3.76. The van der Waals surface area contributed by atoms with E-state index in [0.717, 1.165) is 18.8 Å². The molecule has 0 aromatic heterocycles. The van der Waals surface area contributed by atoms with Crippen LogP contribution in [0.2, 0.25) is 5.02 Å². The largest absolute Gasteiger partial charge is 0.326 e. The number of hydrogen-bond acceptors (Lipinski definition) is 2. The lowest BCUT2D eigenvalue weighted by Crippen LogP contribution is -2.34. The summed E-state index contributed by atoms with van der Waals surface area (Å²) >= 11 is 5.90. The van der Waals surface area contributed by atoms with Crippen LogP contribution in [0.25, 0.3) is 0 Å². The van der Waals surface area contributed by atoms with E-state index in [1.165, 1.54) is 12.8 Å². The summed E-state index contributed by atoms with van der Waals surface area (Å²) in [6.07, 6.45) is 3.00. The fraction of sp³-hybridized carbons (Fsp3) is 0.533. The molecule has 3 nitrogen and oxygen atoms in total. The Balaban J connectivity index is 1.83. The molecule has 1 aliphatic rings. The fourth-order valence-electron chi connectivity index (χ4n) is 2.60. The van der Waals surface area contributed by atoms with Crippen LogP contribution < -0.4 is 10.6 Å². The molecule has 0 saturated carbocycles. The first-order chi connectivity index (χ1) is 9.15. The molecule has 104 valence electrons. The van der Waals surface area contributed by atoms with Crippen molar-refractivity contribution < 1.29 is 4.79 Å². The molecule has 0 bridgehead atoms. The lowest BCUT2D eigenvalue weighted by atomic mass is 9.85. The quantitative estimate of drug-likeness (QED) is 0.888. The number of hydrogen-bond donors (Lipinski definition) is 2. The smallest absolute Gasteiger partial charge is 0.224 e. The third-order valence-corrected chi connectivity index (χ3v) is 3.99. The highest BCUT2D eigenvalue weighted by atomic mass is 35.5. The van der Waals surface area contributed by atoms with Gasteiger partial charge < -0.3 is 10.6 Å². The Labute approximate surface area is 119 Å². The van der Waals surface area contributed by atoms with Gasteiger partial charge in [-0.3, -0.25) is 4.79 Å². The minimum atomic E-state index is 0.0698. The van der Waals surface area contributed by atoms with Crippen LogP contribution in [0.15, 0.2) is 24.3 Å². The van der Waals surface area contributed by atoms with Gasteiger partial charge in [0.15, 0.2) is 0 Å². The molecular formula is C15H21ClN2O. The number of carbonyl (C=O) groups is 1. The average molecular weight is 281 g/mol. The van der Waals surface area contributed by atoms with Gasteiger partial charge in [-0.15, -0.1) is 0 Å². The van der Waals surface area contributed by atoms with Gasteiger partial charge in [0, 0.05) is 17.1 Å². The van der Waals surface area contributed by atoms with E-state index in [2.05, 4.69) is 17.6 Å². The van der Waals surface area contributed by atoms with Crippen LogP contribution in [0.1, 0.15) is 26.2 Å². The van der Waals surface area contributed by atoms with Crippen molar-refractivity contribution in [1.82, 2.24) is 5.32 Å². The molecule has 1 fully saturated rings. The van der Waals surface area contributed by atoms with Crippen LogP contribution in [0.4, 0.5) is 5.69 Å². The van der Waals surface area contributed by atoms with Crippen molar-refractivity contribution >= 4 is 23.2 Å². The van der Waals surface area contributed by atoms with Crippen LogP contribution in [0.5, 0.6) is 0 Å². The van der Waals surface area contributed by atoms with Gasteiger partial charge in [-0.05, 0) is 56.0 Å². The number of halogens is 1. The van der Waals surface area contributed by atoms with Crippen molar-refractivity contribution in [1.29, 1.82) is 0 Å². The molecule has 2 N–H and O–H groups in total. The molecule has 1 aromatic carbocycles. The molecule has 0 aliphatic carbocycles. The van der Waals surface area contributed by atoms with Crippen molar-refractivity contribution in [2.75, 3.05) is 18.4 Å². The topological polar surface area (TPSA) is 41.1 Å². The Morgan fingerprint density at radius 3 is 3.11 bits per heavy atom. The lowest BCUT2D eigenvalue weighted by Gasteiger charge is -2.28. The Bertz CT molecular complexity index is 430. The molecule has 1 saturated heterocycles. The maximum atomic E-state index is 12.0. The number of nitrogens with one attached hydrogen (secondary N) is 2. The molecular weight excluding hydrogens is 260 g/mol. The van der Waals surface area contributed by atoms with Gasteiger partial charge in [-0.25, -0.2) is 0 Å². The summed E-state index contributed by atoms with van der Waals surface area (Å²) in [5.41, 5.74) is 0.770. The van der Waals surface area contributed by atoms with E-state index in [-0.39, 0.29) is 5.91 Å². The molecule has 1 aromatic rings. The molecule has 2 unspecified atom stereocenters. The predicted molar refractivity (Wildman–Crippen MR) is 79.5 cm³/mol. The normalized spacial score (nSPS) is 20.8. The Morgan fingerprint density at radius 1 is 1.58 bits per heavy atom. The van der Waals surface area contributed by atoms with Gasteiger partial charge in [-0.1, -0.05) is 24.6 Å². The highest BCUT2D eigenvalue weighted by Crippen LogP contribution is 2.23. The number of amides is 1. The average Bonchev–Trinajstić information content (AvgIpc) is 2.39. The molecule has 1 heterocycles. The molecule has 0 spiro atoms. The van der Waals surface area contributed by atoms with E-state index in [4.69, 9.17) is 11.6 Å². The lowest BCUT2D eigenvalue weighted by molar-refractivity contribution is -0.117. The zero-order chi connectivity index (χ0) is 13.7. The molecule has 1 aliphatic heterocycles. The van der Waals surface area contributed by atoms with Crippen molar-refractivity contribution in [3.05, 3.63) is 29.3 Å². The summed E-state index contributed by atoms with van der Waals surface area (Å²) in [6, 6.07) is 7.27. The first-order valence-electron chi connectivity index (χ1n) is 6.91. The SMILES string of the molecule is CC(CC(=O)Nc1cccc(Cl)c1)C1CCCNC1. The summed E-state index contributed by atoms with van der Waals surface area (Å²) in [5, 5.41) is 6.95. The third kappa shape index (κ3) is 4.51. The van der Waals surface area contributed by atoms with Crippen LogP contribution in [-0.4, -0.2) is 19.0 Å². The van der Waals surface area contributed by atoms with Gasteiger partial charge >= 0.3 is 0 Å². The molecule has 4 heteroatoms. The minimum absolute atomic E-state index is 0.0698. The van der Waals surface area contributed by atoms with Crippen LogP contribution in [0, 0.1) is 11.8 Å². The second-order valence-corrected chi connectivity index (χ2v) is 5.78. The van der Waals surface area contributed by atoms with Gasteiger partial charge in [-0.2, -0.15) is 0 Å². The number of rotatable bonds is 4. The second kappa shape index (κ2) is 6.92. The number of anilines is 1. The van der Waals surface area contributed by atoms with E-state index < -0.39 is 0 Å². The Hall–Kier alpha value is -1.06. The number of piperidine rings is 1. The number of carbonyl (C=O) groups excluding carboxylic acids is 1. The molecule has 19 heavy (non-hydrogen) atoms. The molecule has 0 radical (unpaired) electrons. The second-order valence-electron chi connectivity index (χ2n) is 5.35. The van der Waals surface area contributed by atoms with Gasteiger partial charge in [0.25, 0.3) is 0 Å². The van der Waals surface area contributed by atoms with Crippen LogP contribution >= 0.6 is 11.6 Å². The van der Waals surface area contributed by atoms with Gasteiger partial charge in [0.05, 0.1) is 0 Å². The Kier molecular flexibility index (Phi) is 5.23. The molecule has 2 atom stereocenters. The molecule has 1 amide bonds. The predicted octanol–water partition coefficient (Wildman–Crippen LogP) is 3.30. The van der Waals surface area contributed by atoms with Crippen molar-refractivity contribution in [3.8, 4) is 0 Å². The Morgan fingerprint density at radius 2 is 2.42 bits per heavy atom. The summed E-state index contributed by atoms with van der Waals surface area (Å²) < 4.78 is 0. The van der Waals surface area contributed by atoms with E-state index >= 15 is 0 Å². The monoisotopic (exact) mass is 280 g/mol.